The van der Waals surface area contributed by atoms with Crippen molar-refractivity contribution in [1.29, 1.82) is 0 Å². The van der Waals surface area contributed by atoms with Gasteiger partial charge >= 0.3 is 0 Å². The first-order valence-corrected chi connectivity index (χ1v) is 9.20. The Morgan fingerprint density at radius 3 is 2.31 bits per heavy atom. The molecule has 0 spiro atoms. The maximum atomic E-state index is 11.1. The van der Waals surface area contributed by atoms with Gasteiger partial charge in [-0.05, 0) is 60.9 Å². The van der Waals surface area contributed by atoms with Crippen molar-refractivity contribution in [2.24, 2.45) is 0 Å². The number of fused-ring (bicyclic) bond motifs is 1. The lowest BCUT2D eigenvalue weighted by molar-refractivity contribution is 0.236. The van der Waals surface area contributed by atoms with Crippen molar-refractivity contribution in [3.8, 4) is 17.2 Å². The fourth-order valence-electron chi connectivity index (χ4n) is 3.15. The monoisotopic (exact) mass is 372 g/mol. The van der Waals surface area contributed by atoms with Gasteiger partial charge < -0.3 is 19.3 Å². The smallest absolute Gasteiger partial charge is 0.161 e. The van der Waals surface area contributed by atoms with E-state index in [1.807, 2.05) is 36.4 Å². The van der Waals surface area contributed by atoms with Crippen LogP contribution in [0, 0.1) is 0 Å². The highest BCUT2D eigenvalue weighted by Crippen LogP contribution is 2.49. The quantitative estimate of drug-likeness (QED) is 0.823. The minimum absolute atomic E-state index is 0.133. The molecule has 0 saturated carbocycles. The standard InChI is InChI=1S/C21H24O4S/c1-21(2)12-16(15-8-7-14(23-3)11-19(15)26-21)20(22)13-6-9-17(24-4)18(10-13)25-5/h6-12,20,22H,1-5H3. The molecular formula is C21H24O4S. The van der Waals surface area contributed by atoms with Crippen molar-refractivity contribution in [3.63, 3.8) is 0 Å². The molecule has 0 fully saturated rings. The van der Waals surface area contributed by atoms with Crippen LogP contribution in [-0.4, -0.2) is 31.2 Å². The molecule has 1 heterocycles. The second-order valence-electron chi connectivity index (χ2n) is 6.68. The van der Waals surface area contributed by atoms with Crippen molar-refractivity contribution in [2.45, 2.75) is 29.6 Å². The average molecular weight is 372 g/mol. The van der Waals surface area contributed by atoms with Crippen LogP contribution in [0.25, 0.3) is 5.57 Å². The van der Waals surface area contributed by atoms with Gasteiger partial charge in [-0.1, -0.05) is 12.1 Å². The van der Waals surface area contributed by atoms with Gasteiger partial charge in [-0.25, -0.2) is 0 Å². The number of aliphatic hydroxyl groups is 1. The molecular weight excluding hydrogens is 348 g/mol. The largest absolute Gasteiger partial charge is 0.497 e. The maximum absolute atomic E-state index is 11.1. The lowest BCUT2D eigenvalue weighted by Crippen LogP contribution is -2.18. The molecule has 1 atom stereocenters. The van der Waals surface area contributed by atoms with Gasteiger partial charge in [0.15, 0.2) is 11.5 Å². The fourth-order valence-corrected chi connectivity index (χ4v) is 4.37. The zero-order chi connectivity index (χ0) is 18.9. The highest BCUT2D eigenvalue weighted by Gasteiger charge is 2.30. The second-order valence-corrected chi connectivity index (χ2v) is 8.38. The van der Waals surface area contributed by atoms with Crippen molar-refractivity contribution >= 4 is 17.3 Å². The van der Waals surface area contributed by atoms with E-state index in [4.69, 9.17) is 14.2 Å². The molecule has 4 nitrogen and oxygen atoms in total. The van der Waals surface area contributed by atoms with Gasteiger partial charge in [0.1, 0.15) is 11.9 Å². The van der Waals surface area contributed by atoms with Gasteiger partial charge in [-0.2, -0.15) is 0 Å². The molecule has 138 valence electrons. The predicted molar refractivity (Wildman–Crippen MR) is 105 cm³/mol. The number of benzene rings is 2. The molecule has 0 bridgehead atoms. The van der Waals surface area contributed by atoms with Gasteiger partial charge in [0.2, 0.25) is 0 Å². The van der Waals surface area contributed by atoms with E-state index in [1.165, 1.54) is 0 Å². The Labute approximate surface area is 158 Å². The minimum Gasteiger partial charge on any atom is -0.497 e. The summed E-state index contributed by atoms with van der Waals surface area (Å²) in [5, 5.41) is 11.1. The zero-order valence-corrected chi connectivity index (χ0v) is 16.5. The van der Waals surface area contributed by atoms with E-state index >= 15 is 0 Å². The molecule has 3 rings (SSSR count). The van der Waals surface area contributed by atoms with E-state index in [2.05, 4.69) is 19.9 Å². The van der Waals surface area contributed by atoms with Crippen LogP contribution in [0.3, 0.4) is 0 Å². The van der Waals surface area contributed by atoms with Gasteiger partial charge in [-0.15, -0.1) is 11.8 Å². The number of rotatable bonds is 5. The fraction of sp³-hybridized carbons (Fsp3) is 0.333. The van der Waals surface area contributed by atoms with E-state index in [0.29, 0.717) is 11.5 Å². The molecule has 0 radical (unpaired) electrons. The van der Waals surface area contributed by atoms with Crippen LogP contribution in [0.4, 0.5) is 0 Å². The van der Waals surface area contributed by atoms with Crippen LogP contribution in [-0.2, 0) is 0 Å². The Balaban J connectivity index is 2.06. The number of thioether (sulfide) groups is 1. The Hall–Kier alpha value is -2.11. The topological polar surface area (TPSA) is 47.9 Å². The van der Waals surface area contributed by atoms with E-state index in [0.717, 1.165) is 27.3 Å². The first-order chi connectivity index (χ1) is 12.4. The third kappa shape index (κ3) is 3.55. The van der Waals surface area contributed by atoms with E-state index < -0.39 is 6.10 Å². The second kappa shape index (κ2) is 7.25. The van der Waals surface area contributed by atoms with Gasteiger partial charge in [0.05, 0.1) is 21.3 Å². The summed E-state index contributed by atoms with van der Waals surface area (Å²) in [5.41, 5.74) is 2.68. The number of aliphatic hydroxyl groups excluding tert-OH is 1. The summed E-state index contributed by atoms with van der Waals surface area (Å²) in [6.07, 6.45) is 1.37. The van der Waals surface area contributed by atoms with Crippen molar-refractivity contribution in [1.82, 2.24) is 0 Å². The number of methoxy groups -OCH3 is 3. The summed E-state index contributed by atoms with van der Waals surface area (Å²) in [7, 11) is 4.85. The molecule has 0 saturated heterocycles. The summed E-state index contributed by atoms with van der Waals surface area (Å²) < 4.78 is 15.9. The van der Waals surface area contributed by atoms with Crippen LogP contribution in [0.15, 0.2) is 47.4 Å². The number of hydrogen-bond acceptors (Lipinski definition) is 5. The molecule has 5 heteroatoms. The Morgan fingerprint density at radius 2 is 1.65 bits per heavy atom. The van der Waals surface area contributed by atoms with Crippen LogP contribution in [0.1, 0.15) is 31.1 Å². The SMILES string of the molecule is COc1ccc2c(c1)SC(C)(C)C=C2C(O)c1ccc(OC)c(OC)c1. The van der Waals surface area contributed by atoms with Gasteiger partial charge in [-0.3, -0.25) is 0 Å². The molecule has 0 aromatic heterocycles. The first kappa shape index (κ1) is 18.7. The van der Waals surface area contributed by atoms with Gasteiger partial charge in [0, 0.05) is 9.64 Å². The Kier molecular flexibility index (Phi) is 5.21. The minimum atomic E-state index is -0.762. The highest BCUT2D eigenvalue weighted by atomic mass is 32.2. The van der Waals surface area contributed by atoms with Crippen LogP contribution in [0.2, 0.25) is 0 Å². The van der Waals surface area contributed by atoms with E-state index in [1.54, 1.807) is 33.1 Å². The molecule has 1 N–H and O–H groups in total. The number of ether oxygens (including phenoxy) is 3. The summed E-state index contributed by atoms with van der Waals surface area (Å²) in [5.74, 6) is 2.06. The Morgan fingerprint density at radius 1 is 0.923 bits per heavy atom. The molecule has 2 aromatic carbocycles. The molecule has 0 aliphatic carbocycles. The predicted octanol–water partition coefficient (Wildman–Crippen LogP) is 4.71. The average Bonchev–Trinajstić information content (AvgIpc) is 2.64. The van der Waals surface area contributed by atoms with Crippen LogP contribution < -0.4 is 14.2 Å². The number of hydrogen-bond donors (Lipinski definition) is 1. The normalized spacial score (nSPS) is 16.3. The summed E-state index contributed by atoms with van der Waals surface area (Å²) in [6.45, 7) is 4.28. The van der Waals surface area contributed by atoms with Crippen LogP contribution in [0.5, 0.6) is 17.2 Å². The first-order valence-electron chi connectivity index (χ1n) is 8.38. The van der Waals surface area contributed by atoms with E-state index in [9.17, 15) is 5.11 Å². The molecule has 26 heavy (non-hydrogen) atoms. The summed E-state index contributed by atoms with van der Waals surface area (Å²) in [6, 6.07) is 11.5. The lowest BCUT2D eigenvalue weighted by Gasteiger charge is -2.31. The highest BCUT2D eigenvalue weighted by molar-refractivity contribution is 8.01. The molecule has 0 amide bonds. The molecule has 1 unspecified atom stereocenters. The lowest BCUT2D eigenvalue weighted by atomic mass is 9.91. The van der Waals surface area contributed by atoms with Crippen molar-refractivity contribution in [3.05, 3.63) is 53.6 Å². The van der Waals surface area contributed by atoms with E-state index in [-0.39, 0.29) is 4.75 Å². The third-order valence-electron chi connectivity index (χ3n) is 4.39. The Bertz CT molecular complexity index is 842. The van der Waals surface area contributed by atoms with Crippen LogP contribution >= 0.6 is 11.8 Å². The molecule has 1 aliphatic rings. The molecule has 1 aliphatic heterocycles. The summed E-state index contributed by atoms with van der Waals surface area (Å²) in [4.78, 5) is 1.10. The van der Waals surface area contributed by atoms with Crippen molar-refractivity contribution in [2.75, 3.05) is 21.3 Å². The summed E-state index contributed by atoms with van der Waals surface area (Å²) >= 11 is 1.76. The third-order valence-corrected chi connectivity index (χ3v) is 5.60. The van der Waals surface area contributed by atoms with Crippen molar-refractivity contribution < 1.29 is 19.3 Å². The zero-order valence-electron chi connectivity index (χ0n) is 15.7. The van der Waals surface area contributed by atoms with Gasteiger partial charge in [0.25, 0.3) is 0 Å². The maximum Gasteiger partial charge on any atom is 0.161 e. The molecule has 2 aromatic rings.